The van der Waals surface area contributed by atoms with E-state index in [0.29, 0.717) is 17.6 Å². The van der Waals surface area contributed by atoms with Crippen LogP contribution in [0.1, 0.15) is 44.1 Å². The molecule has 4 heteroatoms. The Morgan fingerprint density at radius 1 is 1.30 bits per heavy atom. The van der Waals surface area contributed by atoms with E-state index in [9.17, 15) is 9.90 Å². The highest BCUT2D eigenvalue weighted by Gasteiger charge is 2.22. The van der Waals surface area contributed by atoms with Crippen LogP contribution in [0.15, 0.2) is 24.3 Å². The summed E-state index contributed by atoms with van der Waals surface area (Å²) in [5, 5.41) is 13.7. The Bertz CT molecular complexity index is 438. The number of hydrogen-bond donors (Lipinski definition) is 2. The van der Waals surface area contributed by atoms with Crippen molar-refractivity contribution in [3.63, 3.8) is 0 Å². The Morgan fingerprint density at radius 2 is 1.90 bits per heavy atom. The van der Waals surface area contributed by atoms with E-state index in [4.69, 9.17) is 11.6 Å². The normalized spacial score (nSPS) is 24.4. The second-order valence-corrected chi connectivity index (χ2v) is 6.06. The molecule has 1 fully saturated rings. The highest BCUT2D eigenvalue weighted by molar-refractivity contribution is 6.30. The summed E-state index contributed by atoms with van der Waals surface area (Å²) in [5.74, 6) is 0.0368. The molecule has 20 heavy (non-hydrogen) atoms. The molecule has 3 nitrogen and oxygen atoms in total. The zero-order valence-electron chi connectivity index (χ0n) is 11.8. The van der Waals surface area contributed by atoms with Crippen molar-refractivity contribution in [3.8, 4) is 0 Å². The number of carbonyl (C=O) groups excluding carboxylic acids is 1. The summed E-state index contributed by atoms with van der Waals surface area (Å²) in [6.45, 7) is 2.28. The maximum atomic E-state index is 11.8. The molecular formula is C16H22ClNO2. The molecule has 2 rings (SSSR count). The molecule has 1 aliphatic carbocycles. The van der Waals surface area contributed by atoms with Crippen molar-refractivity contribution in [2.45, 2.75) is 50.7 Å². The number of rotatable bonds is 5. The molecule has 1 saturated carbocycles. The highest BCUT2D eigenvalue weighted by atomic mass is 35.5. The van der Waals surface area contributed by atoms with Gasteiger partial charge >= 0.3 is 0 Å². The summed E-state index contributed by atoms with van der Waals surface area (Å²) in [7, 11) is 0. The molecular weight excluding hydrogens is 274 g/mol. The molecule has 0 aromatic heterocycles. The zero-order valence-corrected chi connectivity index (χ0v) is 12.6. The number of ketones is 1. The molecule has 0 amide bonds. The minimum absolute atomic E-state index is 0.126. The fourth-order valence-corrected chi connectivity index (χ4v) is 2.88. The van der Waals surface area contributed by atoms with Gasteiger partial charge in [0, 0.05) is 17.6 Å². The number of hydrogen-bond acceptors (Lipinski definition) is 3. The number of aliphatic hydroxyl groups excluding tert-OH is 1. The number of carbonyl (C=O) groups is 1. The maximum absolute atomic E-state index is 11.8. The van der Waals surface area contributed by atoms with Gasteiger partial charge in [-0.25, -0.2) is 0 Å². The van der Waals surface area contributed by atoms with E-state index in [1.54, 1.807) is 6.92 Å². The molecule has 1 unspecified atom stereocenters. The van der Waals surface area contributed by atoms with E-state index < -0.39 is 0 Å². The number of Topliss-reactive ketones (excluding diaryl/α,β-unsaturated/α-hetero) is 1. The van der Waals surface area contributed by atoms with Crippen molar-refractivity contribution in [1.29, 1.82) is 0 Å². The van der Waals surface area contributed by atoms with Crippen molar-refractivity contribution in [2.24, 2.45) is 0 Å². The first kappa shape index (κ1) is 15.5. The van der Waals surface area contributed by atoms with Gasteiger partial charge in [0.15, 0.2) is 0 Å². The molecule has 1 atom stereocenters. The first-order chi connectivity index (χ1) is 9.56. The van der Waals surface area contributed by atoms with Crippen molar-refractivity contribution >= 4 is 17.4 Å². The van der Waals surface area contributed by atoms with E-state index in [-0.39, 0.29) is 17.8 Å². The fourth-order valence-electron chi connectivity index (χ4n) is 2.76. The number of halogens is 1. The van der Waals surface area contributed by atoms with Crippen LogP contribution in [0.2, 0.25) is 5.02 Å². The quantitative estimate of drug-likeness (QED) is 0.878. The molecule has 110 valence electrons. The van der Waals surface area contributed by atoms with Gasteiger partial charge in [-0.05, 0) is 50.3 Å². The summed E-state index contributed by atoms with van der Waals surface area (Å²) >= 11 is 5.88. The molecule has 0 bridgehead atoms. The Hall–Kier alpha value is -0.900. The van der Waals surface area contributed by atoms with Crippen molar-refractivity contribution in [3.05, 3.63) is 34.9 Å². The molecule has 0 aliphatic heterocycles. The Balaban J connectivity index is 1.93. The lowest BCUT2D eigenvalue weighted by molar-refractivity contribution is -0.118. The van der Waals surface area contributed by atoms with Crippen LogP contribution in [0.25, 0.3) is 0 Å². The molecule has 0 heterocycles. The van der Waals surface area contributed by atoms with Crippen LogP contribution in [0.3, 0.4) is 0 Å². The van der Waals surface area contributed by atoms with Crippen molar-refractivity contribution < 1.29 is 9.90 Å². The Morgan fingerprint density at radius 3 is 2.45 bits per heavy atom. The third-order valence-electron chi connectivity index (χ3n) is 4.07. The van der Waals surface area contributed by atoms with E-state index in [1.807, 2.05) is 24.3 Å². The standard InChI is InChI=1S/C16H22ClNO2/c1-11(19)16(12-2-4-13(17)5-3-12)10-18-14-6-8-15(20)9-7-14/h2-5,14-16,18,20H,6-10H2,1H3. The summed E-state index contributed by atoms with van der Waals surface area (Å²) < 4.78 is 0. The zero-order chi connectivity index (χ0) is 14.5. The van der Waals surface area contributed by atoms with Gasteiger partial charge in [0.1, 0.15) is 5.78 Å². The highest BCUT2D eigenvalue weighted by Crippen LogP contribution is 2.22. The summed E-state index contributed by atoms with van der Waals surface area (Å²) in [4.78, 5) is 11.8. The SMILES string of the molecule is CC(=O)C(CNC1CCC(O)CC1)c1ccc(Cl)cc1. The monoisotopic (exact) mass is 295 g/mol. The molecule has 1 aliphatic rings. The number of benzene rings is 1. The van der Waals surface area contributed by atoms with Gasteiger partial charge in [-0.1, -0.05) is 23.7 Å². The molecule has 2 N–H and O–H groups in total. The van der Waals surface area contributed by atoms with Crippen molar-refractivity contribution in [1.82, 2.24) is 5.32 Å². The van der Waals surface area contributed by atoms with E-state index in [2.05, 4.69) is 5.32 Å². The van der Waals surface area contributed by atoms with Crippen LogP contribution in [-0.2, 0) is 4.79 Å². The smallest absolute Gasteiger partial charge is 0.138 e. The maximum Gasteiger partial charge on any atom is 0.138 e. The third kappa shape index (κ3) is 4.30. The van der Waals surface area contributed by atoms with E-state index >= 15 is 0 Å². The van der Waals surface area contributed by atoms with Crippen molar-refractivity contribution in [2.75, 3.05) is 6.54 Å². The third-order valence-corrected chi connectivity index (χ3v) is 4.32. The van der Waals surface area contributed by atoms with Crippen LogP contribution < -0.4 is 5.32 Å². The lowest BCUT2D eigenvalue weighted by atomic mass is 9.91. The predicted molar refractivity (Wildman–Crippen MR) is 81.1 cm³/mol. The second kappa shape index (κ2) is 7.21. The Labute approximate surface area is 125 Å². The molecule has 1 aromatic rings. The van der Waals surface area contributed by atoms with Gasteiger partial charge in [0.25, 0.3) is 0 Å². The lowest BCUT2D eigenvalue weighted by Gasteiger charge is -2.27. The number of aliphatic hydroxyl groups is 1. The van der Waals surface area contributed by atoms with Crippen LogP contribution >= 0.6 is 11.6 Å². The first-order valence-electron chi connectivity index (χ1n) is 7.23. The largest absolute Gasteiger partial charge is 0.393 e. The van der Waals surface area contributed by atoms with Gasteiger partial charge in [-0.15, -0.1) is 0 Å². The summed E-state index contributed by atoms with van der Waals surface area (Å²) in [5.41, 5.74) is 1.00. The van der Waals surface area contributed by atoms with Crippen LogP contribution in [0, 0.1) is 0 Å². The summed E-state index contributed by atoms with van der Waals surface area (Å²) in [6, 6.07) is 7.89. The number of nitrogens with one attached hydrogen (secondary N) is 1. The topological polar surface area (TPSA) is 49.3 Å². The summed E-state index contributed by atoms with van der Waals surface area (Å²) in [6.07, 6.45) is 3.51. The molecule has 0 saturated heterocycles. The van der Waals surface area contributed by atoms with Crippen LogP contribution in [0.5, 0.6) is 0 Å². The minimum atomic E-state index is -0.145. The molecule has 1 aromatic carbocycles. The second-order valence-electron chi connectivity index (χ2n) is 5.63. The van der Waals surface area contributed by atoms with E-state index in [1.165, 1.54) is 0 Å². The van der Waals surface area contributed by atoms with Gasteiger partial charge in [0.05, 0.1) is 12.0 Å². The lowest BCUT2D eigenvalue weighted by Crippen LogP contribution is -2.38. The van der Waals surface area contributed by atoms with Crippen LogP contribution in [-0.4, -0.2) is 29.6 Å². The minimum Gasteiger partial charge on any atom is -0.393 e. The molecule has 0 spiro atoms. The fraction of sp³-hybridized carbons (Fsp3) is 0.562. The van der Waals surface area contributed by atoms with Gasteiger partial charge in [0.2, 0.25) is 0 Å². The van der Waals surface area contributed by atoms with E-state index in [0.717, 1.165) is 31.2 Å². The average Bonchev–Trinajstić information content (AvgIpc) is 2.43. The first-order valence-corrected chi connectivity index (χ1v) is 7.61. The van der Waals surface area contributed by atoms with Gasteiger partial charge in [-0.3, -0.25) is 4.79 Å². The average molecular weight is 296 g/mol. The predicted octanol–water partition coefficient (Wildman–Crippen LogP) is 2.91. The van der Waals surface area contributed by atoms with Crippen LogP contribution in [0.4, 0.5) is 0 Å². The van der Waals surface area contributed by atoms with Gasteiger partial charge in [-0.2, -0.15) is 0 Å². The van der Waals surface area contributed by atoms with Gasteiger partial charge < -0.3 is 10.4 Å². The Kier molecular flexibility index (Phi) is 5.58. The molecule has 0 radical (unpaired) electrons.